The molecule has 0 bridgehead atoms. The lowest BCUT2D eigenvalue weighted by molar-refractivity contribution is -0.152. The molecule has 0 spiro atoms. The van der Waals surface area contributed by atoms with Gasteiger partial charge in [0.1, 0.15) is 6.04 Å². The molecule has 0 saturated carbocycles. The second kappa shape index (κ2) is 9.68. The lowest BCUT2D eigenvalue weighted by atomic mass is 10.1. The molecule has 0 N–H and O–H groups in total. The predicted octanol–water partition coefficient (Wildman–Crippen LogP) is 3.40. The highest BCUT2D eigenvalue weighted by Crippen LogP contribution is 2.33. The van der Waals surface area contributed by atoms with Crippen molar-refractivity contribution in [3.8, 4) is 11.5 Å². The summed E-state index contributed by atoms with van der Waals surface area (Å²) in [6, 6.07) is 7.04. The van der Waals surface area contributed by atoms with Gasteiger partial charge in [-0.05, 0) is 56.9 Å². The van der Waals surface area contributed by atoms with E-state index in [0.717, 1.165) is 41.3 Å². The molecular formula is C25H30N2O6. The highest BCUT2D eigenvalue weighted by molar-refractivity contribution is 5.99. The summed E-state index contributed by atoms with van der Waals surface area (Å²) in [5.41, 5.74) is 3.31. The Morgan fingerprint density at radius 3 is 2.70 bits per heavy atom. The molecule has 1 saturated heterocycles. The van der Waals surface area contributed by atoms with Crippen molar-refractivity contribution in [1.82, 2.24) is 9.47 Å². The number of aromatic nitrogens is 1. The van der Waals surface area contributed by atoms with Crippen LogP contribution in [0.25, 0.3) is 0 Å². The summed E-state index contributed by atoms with van der Waals surface area (Å²) in [6.07, 6.45) is 2.49. The third-order valence-electron chi connectivity index (χ3n) is 6.31. The smallest absolute Gasteiger partial charge is 0.329 e. The zero-order chi connectivity index (χ0) is 23.5. The molecule has 0 aliphatic carbocycles. The Labute approximate surface area is 193 Å². The summed E-state index contributed by atoms with van der Waals surface area (Å²) in [5, 5.41) is 0. The number of fused-ring (bicyclic) bond motifs is 1. The van der Waals surface area contributed by atoms with Crippen molar-refractivity contribution in [2.45, 2.75) is 59.0 Å². The normalized spacial score (nSPS) is 16.8. The van der Waals surface area contributed by atoms with Gasteiger partial charge in [-0.1, -0.05) is 13.0 Å². The number of rotatable bonds is 8. The van der Waals surface area contributed by atoms with Crippen LogP contribution in [-0.2, 0) is 20.9 Å². The summed E-state index contributed by atoms with van der Waals surface area (Å²) in [6.45, 7) is 6.80. The average molecular weight is 455 g/mol. The molecule has 2 aliphatic rings. The van der Waals surface area contributed by atoms with Crippen LogP contribution < -0.4 is 9.47 Å². The molecule has 8 nitrogen and oxygen atoms in total. The molecule has 2 aliphatic heterocycles. The molecule has 3 heterocycles. The number of carbonyl (C=O) groups is 3. The van der Waals surface area contributed by atoms with Crippen LogP contribution in [0.4, 0.5) is 0 Å². The quantitative estimate of drug-likeness (QED) is 0.449. The van der Waals surface area contributed by atoms with Gasteiger partial charge in [-0.2, -0.15) is 0 Å². The molecule has 1 aromatic carbocycles. The number of amides is 1. The molecule has 8 heteroatoms. The van der Waals surface area contributed by atoms with Gasteiger partial charge in [0.15, 0.2) is 18.1 Å². The minimum absolute atomic E-state index is 0.0321. The summed E-state index contributed by atoms with van der Waals surface area (Å²) in [4.78, 5) is 39.3. The monoisotopic (exact) mass is 454 g/mol. The fourth-order valence-electron chi connectivity index (χ4n) is 4.53. The Morgan fingerprint density at radius 2 is 1.91 bits per heavy atom. The van der Waals surface area contributed by atoms with Gasteiger partial charge in [0.05, 0.1) is 0 Å². The van der Waals surface area contributed by atoms with Gasteiger partial charge in [0.25, 0.3) is 0 Å². The van der Waals surface area contributed by atoms with Gasteiger partial charge in [-0.25, -0.2) is 4.79 Å². The van der Waals surface area contributed by atoms with Crippen molar-refractivity contribution >= 4 is 17.7 Å². The van der Waals surface area contributed by atoms with Gasteiger partial charge >= 0.3 is 5.97 Å². The second-order valence-electron chi connectivity index (χ2n) is 8.58. The van der Waals surface area contributed by atoms with E-state index in [9.17, 15) is 14.4 Å². The Kier molecular flexibility index (Phi) is 6.72. The highest BCUT2D eigenvalue weighted by Gasteiger charge is 2.35. The number of ether oxygens (including phenoxy) is 3. The van der Waals surface area contributed by atoms with Crippen LogP contribution in [0.1, 0.15) is 59.9 Å². The number of hydrogen-bond acceptors (Lipinski definition) is 6. The molecule has 33 heavy (non-hydrogen) atoms. The fraction of sp³-hybridized carbons (Fsp3) is 0.480. The zero-order valence-electron chi connectivity index (χ0n) is 19.4. The Morgan fingerprint density at radius 1 is 1.12 bits per heavy atom. The van der Waals surface area contributed by atoms with Crippen LogP contribution in [0.15, 0.2) is 24.3 Å². The van der Waals surface area contributed by atoms with Crippen LogP contribution in [0.5, 0.6) is 11.5 Å². The molecule has 1 atom stereocenters. The van der Waals surface area contributed by atoms with Gasteiger partial charge in [-0.15, -0.1) is 0 Å². The molecule has 1 unspecified atom stereocenters. The Bertz CT molecular complexity index is 1070. The first-order valence-corrected chi connectivity index (χ1v) is 11.4. The summed E-state index contributed by atoms with van der Waals surface area (Å²) in [7, 11) is 0. The van der Waals surface area contributed by atoms with Gasteiger partial charge in [0.2, 0.25) is 18.5 Å². The third-order valence-corrected chi connectivity index (χ3v) is 6.31. The minimum Gasteiger partial charge on any atom is -0.456 e. The first-order valence-electron chi connectivity index (χ1n) is 11.4. The van der Waals surface area contributed by atoms with Crippen molar-refractivity contribution in [3.05, 3.63) is 46.8 Å². The molecule has 2 aromatic rings. The minimum atomic E-state index is -0.588. The lowest BCUT2D eigenvalue weighted by Gasteiger charge is -2.23. The van der Waals surface area contributed by atoms with E-state index in [0.29, 0.717) is 31.5 Å². The molecule has 4 rings (SSSR count). The van der Waals surface area contributed by atoms with E-state index >= 15 is 0 Å². The third kappa shape index (κ3) is 4.74. The van der Waals surface area contributed by atoms with Crippen molar-refractivity contribution in [3.63, 3.8) is 0 Å². The van der Waals surface area contributed by atoms with Crippen molar-refractivity contribution in [2.75, 3.05) is 19.9 Å². The SMILES string of the molecule is CCCC(=O)N1CCCC1C(=O)OCC(=O)c1cc(C)n(Cc2ccc3c(c2)OCO3)c1C. The molecule has 1 aromatic heterocycles. The van der Waals surface area contributed by atoms with E-state index in [2.05, 4.69) is 4.57 Å². The van der Waals surface area contributed by atoms with Gasteiger partial charge in [0, 0.05) is 36.5 Å². The number of aryl methyl sites for hydroxylation is 1. The highest BCUT2D eigenvalue weighted by atomic mass is 16.7. The maximum Gasteiger partial charge on any atom is 0.329 e. The van der Waals surface area contributed by atoms with Crippen LogP contribution in [0.3, 0.4) is 0 Å². The first kappa shape index (κ1) is 22.9. The number of Topliss-reactive ketones (excluding diaryl/α,β-unsaturated/α-hetero) is 1. The summed E-state index contributed by atoms with van der Waals surface area (Å²) in [5.74, 6) is 0.666. The van der Waals surface area contributed by atoms with E-state index < -0.39 is 12.0 Å². The lowest BCUT2D eigenvalue weighted by Crippen LogP contribution is -2.41. The number of nitrogens with zero attached hydrogens (tertiary/aromatic N) is 2. The summed E-state index contributed by atoms with van der Waals surface area (Å²) < 4.78 is 18.2. The van der Waals surface area contributed by atoms with Crippen molar-refractivity contribution < 1.29 is 28.6 Å². The van der Waals surface area contributed by atoms with Gasteiger partial charge < -0.3 is 23.7 Å². The number of likely N-dealkylation sites (tertiary alicyclic amines) is 1. The fourth-order valence-corrected chi connectivity index (χ4v) is 4.53. The second-order valence-corrected chi connectivity index (χ2v) is 8.58. The van der Waals surface area contributed by atoms with Gasteiger partial charge in [-0.3, -0.25) is 9.59 Å². The van der Waals surface area contributed by atoms with Crippen LogP contribution in [0.2, 0.25) is 0 Å². The number of carbonyl (C=O) groups excluding carboxylic acids is 3. The summed E-state index contributed by atoms with van der Waals surface area (Å²) >= 11 is 0. The van der Waals surface area contributed by atoms with E-state index in [-0.39, 0.29) is 25.1 Å². The maximum absolute atomic E-state index is 12.9. The molecular weight excluding hydrogens is 424 g/mol. The van der Waals surface area contributed by atoms with Crippen LogP contribution >= 0.6 is 0 Å². The van der Waals surface area contributed by atoms with Crippen molar-refractivity contribution in [2.24, 2.45) is 0 Å². The van der Waals surface area contributed by atoms with Crippen molar-refractivity contribution in [1.29, 1.82) is 0 Å². The number of ketones is 1. The topological polar surface area (TPSA) is 87.1 Å². The van der Waals surface area contributed by atoms with E-state index in [1.54, 1.807) is 4.90 Å². The predicted molar refractivity (Wildman–Crippen MR) is 121 cm³/mol. The molecule has 176 valence electrons. The number of benzene rings is 1. The Balaban J connectivity index is 1.40. The van der Waals surface area contributed by atoms with E-state index in [1.165, 1.54) is 0 Å². The van der Waals surface area contributed by atoms with E-state index in [1.807, 2.05) is 45.0 Å². The molecule has 1 amide bonds. The molecule has 0 radical (unpaired) electrons. The number of esters is 1. The number of hydrogen-bond donors (Lipinski definition) is 0. The van der Waals surface area contributed by atoms with Crippen LogP contribution in [0, 0.1) is 13.8 Å². The average Bonchev–Trinajstić information content (AvgIpc) is 3.53. The van der Waals surface area contributed by atoms with E-state index in [4.69, 9.17) is 14.2 Å². The largest absolute Gasteiger partial charge is 0.456 e. The maximum atomic E-state index is 12.9. The Hall–Kier alpha value is -3.29. The first-order chi connectivity index (χ1) is 15.9. The zero-order valence-corrected chi connectivity index (χ0v) is 19.4. The van der Waals surface area contributed by atoms with Crippen LogP contribution in [-0.4, -0.2) is 53.1 Å². The molecule has 1 fully saturated rings. The standard InChI is InChI=1S/C25H30N2O6/c1-4-6-24(29)26-10-5-7-20(26)25(30)31-14-21(28)19-11-16(2)27(17(19)3)13-18-8-9-22-23(12-18)33-15-32-22/h8-9,11-12,20H,4-7,10,13-15H2,1-3H3.